The van der Waals surface area contributed by atoms with E-state index in [4.69, 9.17) is 19.3 Å². The molecule has 0 aromatic heterocycles. The molecule has 1 aliphatic heterocycles. The average molecular weight is 493 g/mol. The van der Waals surface area contributed by atoms with Gasteiger partial charge in [0.05, 0.1) is 19.6 Å². The maximum atomic E-state index is 11.1. The molecular weight excluding hydrogens is 460 g/mol. The van der Waals surface area contributed by atoms with E-state index in [1.54, 1.807) is 0 Å². The summed E-state index contributed by atoms with van der Waals surface area (Å²) >= 11 is 1.84. The Balaban J connectivity index is 1.43. The van der Waals surface area contributed by atoms with Gasteiger partial charge in [-0.15, -0.1) is 0 Å². The van der Waals surface area contributed by atoms with Crippen molar-refractivity contribution in [2.24, 2.45) is 0 Å². The number of fused-ring (bicyclic) bond motifs is 1. The fourth-order valence-corrected chi connectivity index (χ4v) is 4.97. The number of hydrogen-bond donors (Lipinski definition) is 1. The summed E-state index contributed by atoms with van der Waals surface area (Å²) in [5, 5.41) is 9.08. The summed E-state index contributed by atoms with van der Waals surface area (Å²) in [7, 11) is 0. The minimum Gasteiger partial charge on any atom is -0.494 e. The number of carboxylic acid groups (broad SMARTS) is 1. The maximum Gasteiger partial charge on any atom is 0.304 e. The zero-order valence-electron chi connectivity index (χ0n) is 20.5. The molecule has 0 aliphatic carbocycles. The molecule has 1 atom stereocenters. The molecule has 0 spiro atoms. The van der Waals surface area contributed by atoms with Crippen LogP contribution in [0.1, 0.15) is 41.0 Å². The normalized spacial score (nSPS) is 14.3. The van der Waals surface area contributed by atoms with Crippen molar-refractivity contribution in [2.75, 3.05) is 25.2 Å². The molecule has 5 nitrogen and oxygen atoms in total. The lowest BCUT2D eigenvalue weighted by molar-refractivity contribution is -0.137. The first-order valence-electron chi connectivity index (χ1n) is 11.9. The Bertz CT molecular complexity index is 1170. The molecule has 3 aromatic rings. The van der Waals surface area contributed by atoms with Crippen molar-refractivity contribution < 1.29 is 24.1 Å². The van der Waals surface area contributed by atoms with Gasteiger partial charge in [-0.1, -0.05) is 24.3 Å². The molecule has 0 amide bonds. The van der Waals surface area contributed by atoms with Gasteiger partial charge in [0.15, 0.2) is 0 Å². The van der Waals surface area contributed by atoms with E-state index < -0.39 is 5.97 Å². The van der Waals surface area contributed by atoms with Gasteiger partial charge in [-0.3, -0.25) is 4.79 Å². The molecule has 35 heavy (non-hydrogen) atoms. The highest BCUT2D eigenvalue weighted by molar-refractivity contribution is 7.98. The lowest BCUT2D eigenvalue weighted by atomic mass is 9.94. The number of benzene rings is 3. The van der Waals surface area contributed by atoms with Crippen molar-refractivity contribution in [1.29, 1.82) is 0 Å². The number of aryl methyl sites for hydroxylation is 2. The van der Waals surface area contributed by atoms with E-state index in [0.717, 1.165) is 41.2 Å². The lowest BCUT2D eigenvalue weighted by Crippen LogP contribution is -2.07. The van der Waals surface area contributed by atoms with Gasteiger partial charge in [0, 0.05) is 17.5 Å². The lowest BCUT2D eigenvalue weighted by Gasteiger charge is -2.15. The highest BCUT2D eigenvalue weighted by Gasteiger charge is 2.26. The first-order chi connectivity index (χ1) is 16.9. The van der Waals surface area contributed by atoms with Crippen molar-refractivity contribution >= 4 is 17.7 Å². The van der Waals surface area contributed by atoms with Gasteiger partial charge in [-0.25, -0.2) is 0 Å². The zero-order valence-corrected chi connectivity index (χ0v) is 21.3. The number of ether oxygens (including phenoxy) is 3. The van der Waals surface area contributed by atoms with E-state index in [-0.39, 0.29) is 12.3 Å². The SMILES string of the molecule is CSCCCOc1cc(C)c(-c2cccc(COc3ccc4c(c3)OC[C@H]4CC(=O)O)c2)c(C)c1. The molecule has 0 bridgehead atoms. The smallest absolute Gasteiger partial charge is 0.304 e. The maximum absolute atomic E-state index is 11.1. The third kappa shape index (κ3) is 6.31. The van der Waals surface area contributed by atoms with Crippen LogP contribution in [-0.4, -0.2) is 36.3 Å². The molecule has 0 unspecified atom stereocenters. The van der Waals surface area contributed by atoms with Crippen LogP contribution in [0.2, 0.25) is 0 Å². The van der Waals surface area contributed by atoms with Crippen molar-refractivity contribution in [2.45, 2.75) is 39.2 Å². The summed E-state index contributed by atoms with van der Waals surface area (Å²) in [6.07, 6.45) is 3.23. The number of carboxylic acids is 1. The number of rotatable bonds is 11. The van der Waals surface area contributed by atoms with Crippen LogP contribution >= 0.6 is 11.8 Å². The van der Waals surface area contributed by atoms with Gasteiger partial charge in [0.25, 0.3) is 0 Å². The van der Waals surface area contributed by atoms with Crippen LogP contribution in [0.15, 0.2) is 54.6 Å². The largest absolute Gasteiger partial charge is 0.494 e. The van der Waals surface area contributed by atoms with Gasteiger partial charge in [0.2, 0.25) is 0 Å². The van der Waals surface area contributed by atoms with Crippen LogP contribution < -0.4 is 14.2 Å². The highest BCUT2D eigenvalue weighted by atomic mass is 32.2. The first kappa shape index (κ1) is 25.0. The van der Waals surface area contributed by atoms with Crippen LogP contribution in [0.4, 0.5) is 0 Å². The van der Waals surface area contributed by atoms with Crippen molar-refractivity contribution in [3.8, 4) is 28.4 Å². The van der Waals surface area contributed by atoms with Gasteiger partial charge in [0.1, 0.15) is 23.9 Å². The fourth-order valence-electron chi connectivity index (χ4n) is 4.57. The Kier molecular flexibility index (Phi) is 8.24. The molecule has 3 aromatic carbocycles. The third-order valence-electron chi connectivity index (χ3n) is 6.17. The summed E-state index contributed by atoms with van der Waals surface area (Å²) in [5.74, 6) is 2.53. The summed E-state index contributed by atoms with van der Waals surface area (Å²) in [6.45, 7) is 5.82. The van der Waals surface area contributed by atoms with Gasteiger partial charge >= 0.3 is 5.97 Å². The Morgan fingerprint density at radius 2 is 1.86 bits per heavy atom. The second-order valence-corrected chi connectivity index (χ2v) is 9.91. The predicted molar refractivity (Wildman–Crippen MR) is 141 cm³/mol. The number of carbonyl (C=O) groups is 1. The molecule has 1 heterocycles. The molecule has 0 saturated heterocycles. The van der Waals surface area contributed by atoms with Crippen LogP contribution in [-0.2, 0) is 11.4 Å². The molecule has 184 valence electrons. The van der Waals surface area contributed by atoms with Crippen molar-refractivity contribution in [1.82, 2.24) is 0 Å². The van der Waals surface area contributed by atoms with Crippen LogP contribution in [0, 0.1) is 13.8 Å². The molecule has 0 fully saturated rings. The topological polar surface area (TPSA) is 65.0 Å². The standard InChI is InChI=1S/C29H32O5S/c1-19-12-25(32-10-5-11-35-3)13-20(2)29(19)22-7-4-6-21(14-22)17-33-24-8-9-26-23(15-28(30)31)18-34-27(26)16-24/h4,6-9,12-14,16,23H,5,10-11,15,17-18H2,1-3H3,(H,30,31)/t23-/m1/s1. The van der Waals surface area contributed by atoms with E-state index >= 15 is 0 Å². The van der Waals surface area contributed by atoms with E-state index in [1.165, 1.54) is 16.7 Å². The Labute approximate surface area is 211 Å². The first-order valence-corrected chi connectivity index (χ1v) is 13.3. The Hall–Kier alpha value is -3.12. The summed E-state index contributed by atoms with van der Waals surface area (Å²) in [5.41, 5.74) is 6.76. The van der Waals surface area contributed by atoms with Crippen LogP contribution in [0.5, 0.6) is 17.2 Å². The summed E-state index contributed by atoms with van der Waals surface area (Å²) in [4.78, 5) is 11.1. The Morgan fingerprint density at radius 3 is 2.60 bits per heavy atom. The molecular formula is C29H32O5S. The predicted octanol–water partition coefficient (Wildman–Crippen LogP) is 6.63. The molecule has 0 saturated carbocycles. The van der Waals surface area contributed by atoms with E-state index in [2.05, 4.69) is 56.5 Å². The van der Waals surface area contributed by atoms with Gasteiger partial charge < -0.3 is 19.3 Å². The molecule has 1 aliphatic rings. The summed E-state index contributed by atoms with van der Waals surface area (Å²) in [6, 6.07) is 18.3. The number of hydrogen-bond acceptors (Lipinski definition) is 5. The molecule has 0 radical (unpaired) electrons. The average Bonchev–Trinajstić information content (AvgIpc) is 3.22. The van der Waals surface area contributed by atoms with Crippen molar-refractivity contribution in [3.05, 3.63) is 76.9 Å². The molecule has 1 N–H and O–H groups in total. The summed E-state index contributed by atoms with van der Waals surface area (Å²) < 4.78 is 17.7. The van der Waals surface area contributed by atoms with Gasteiger partial charge in [-0.05, 0) is 84.4 Å². The van der Waals surface area contributed by atoms with Crippen molar-refractivity contribution in [3.63, 3.8) is 0 Å². The fraction of sp³-hybridized carbons (Fsp3) is 0.345. The quantitative estimate of drug-likeness (QED) is 0.303. The van der Waals surface area contributed by atoms with Gasteiger partial charge in [-0.2, -0.15) is 11.8 Å². The number of aliphatic carboxylic acids is 1. The van der Waals surface area contributed by atoms with Crippen LogP contribution in [0.25, 0.3) is 11.1 Å². The van der Waals surface area contributed by atoms with Crippen LogP contribution in [0.3, 0.4) is 0 Å². The minimum absolute atomic E-state index is 0.0734. The van der Waals surface area contributed by atoms with E-state index in [9.17, 15) is 4.79 Å². The minimum atomic E-state index is -0.814. The molecule has 4 rings (SSSR count). The van der Waals surface area contributed by atoms with E-state index in [1.807, 2.05) is 30.0 Å². The monoisotopic (exact) mass is 492 g/mol. The van der Waals surface area contributed by atoms with E-state index in [0.29, 0.717) is 24.7 Å². The second-order valence-electron chi connectivity index (χ2n) is 8.92. The second kappa shape index (κ2) is 11.5. The Morgan fingerprint density at radius 1 is 1.06 bits per heavy atom. The number of thioether (sulfide) groups is 1. The zero-order chi connectivity index (χ0) is 24.8. The third-order valence-corrected chi connectivity index (χ3v) is 6.87. The highest BCUT2D eigenvalue weighted by Crippen LogP contribution is 2.38. The molecule has 6 heteroatoms.